The minimum atomic E-state index is -0.0657. The molecule has 0 aliphatic carbocycles. The fourth-order valence-electron chi connectivity index (χ4n) is 2.45. The van der Waals surface area contributed by atoms with Gasteiger partial charge < -0.3 is 10.2 Å². The third kappa shape index (κ3) is 3.30. The zero-order valence-electron chi connectivity index (χ0n) is 13.0. The van der Waals surface area contributed by atoms with Crippen LogP contribution in [0, 0.1) is 0 Å². The fraction of sp³-hybridized carbons (Fsp3) is 0.625. The molecule has 1 aliphatic heterocycles. The minimum Gasteiger partial charge on any atom is -0.373 e. The van der Waals surface area contributed by atoms with E-state index < -0.39 is 0 Å². The van der Waals surface area contributed by atoms with Gasteiger partial charge in [-0.1, -0.05) is 20.8 Å². The number of nitrogens with zero attached hydrogens (tertiary/aromatic N) is 2. The third-order valence-electron chi connectivity index (χ3n) is 3.74. The number of likely N-dealkylation sites (tertiary alicyclic amines) is 1. The second kappa shape index (κ2) is 5.81. The van der Waals surface area contributed by atoms with E-state index in [0.29, 0.717) is 0 Å². The van der Waals surface area contributed by atoms with E-state index in [-0.39, 0.29) is 11.3 Å². The molecule has 4 nitrogen and oxygen atoms in total. The van der Waals surface area contributed by atoms with Gasteiger partial charge in [-0.2, -0.15) is 0 Å². The van der Waals surface area contributed by atoms with Crippen molar-refractivity contribution in [3.05, 3.63) is 23.4 Å². The summed E-state index contributed by atoms with van der Waals surface area (Å²) in [5, 5.41) is 3.06. The average molecular weight is 275 g/mol. The second-order valence-electron chi connectivity index (χ2n) is 6.48. The quantitative estimate of drug-likeness (QED) is 0.902. The van der Waals surface area contributed by atoms with Gasteiger partial charge in [0.15, 0.2) is 0 Å². The van der Waals surface area contributed by atoms with Gasteiger partial charge in [0, 0.05) is 36.8 Å². The molecular formula is C16H25N3O. The van der Waals surface area contributed by atoms with Crippen molar-refractivity contribution in [2.24, 2.45) is 0 Å². The van der Waals surface area contributed by atoms with Crippen LogP contribution in [0.4, 0.5) is 5.82 Å². The number of anilines is 1. The van der Waals surface area contributed by atoms with E-state index in [2.05, 4.69) is 31.1 Å². The van der Waals surface area contributed by atoms with Crippen molar-refractivity contribution in [1.29, 1.82) is 0 Å². The summed E-state index contributed by atoms with van der Waals surface area (Å²) in [5.74, 6) is 0.895. The number of amides is 1. The SMILES string of the molecule is CNc1cc(C(=O)N2CCCCC2)cc(C(C)(C)C)n1. The topological polar surface area (TPSA) is 45.2 Å². The van der Waals surface area contributed by atoms with Crippen LogP contribution < -0.4 is 5.32 Å². The zero-order valence-corrected chi connectivity index (χ0v) is 13.0. The first kappa shape index (κ1) is 14.8. The van der Waals surface area contributed by atoms with Gasteiger partial charge in [-0.3, -0.25) is 4.79 Å². The van der Waals surface area contributed by atoms with Gasteiger partial charge in [-0.05, 0) is 31.4 Å². The van der Waals surface area contributed by atoms with Gasteiger partial charge in [0.25, 0.3) is 5.91 Å². The van der Waals surface area contributed by atoms with Gasteiger partial charge in [0.2, 0.25) is 0 Å². The lowest BCUT2D eigenvalue weighted by molar-refractivity contribution is 0.0724. The molecule has 0 bridgehead atoms. The normalized spacial score (nSPS) is 16.1. The Morgan fingerprint density at radius 2 is 1.85 bits per heavy atom. The van der Waals surface area contributed by atoms with Crippen molar-refractivity contribution >= 4 is 11.7 Å². The van der Waals surface area contributed by atoms with Crippen LogP contribution in [0.1, 0.15) is 56.1 Å². The van der Waals surface area contributed by atoms with E-state index >= 15 is 0 Å². The standard InChI is InChI=1S/C16H25N3O/c1-16(2,3)13-10-12(11-14(17-4)18-13)15(20)19-8-6-5-7-9-19/h10-11H,5-9H2,1-4H3,(H,17,18). The molecule has 1 aromatic heterocycles. The van der Waals surface area contributed by atoms with Crippen LogP contribution in [0.5, 0.6) is 0 Å². The number of carbonyl (C=O) groups excluding carboxylic acids is 1. The summed E-state index contributed by atoms with van der Waals surface area (Å²) in [6.45, 7) is 8.10. The summed E-state index contributed by atoms with van der Waals surface area (Å²) in [6.07, 6.45) is 3.46. The van der Waals surface area contributed by atoms with Crippen molar-refractivity contribution in [2.45, 2.75) is 45.4 Å². The Hall–Kier alpha value is -1.58. The minimum absolute atomic E-state index is 0.0657. The smallest absolute Gasteiger partial charge is 0.254 e. The summed E-state index contributed by atoms with van der Waals surface area (Å²) in [5.41, 5.74) is 1.63. The van der Waals surface area contributed by atoms with Gasteiger partial charge in [-0.15, -0.1) is 0 Å². The van der Waals surface area contributed by atoms with E-state index in [1.165, 1.54) is 6.42 Å². The number of aromatic nitrogens is 1. The van der Waals surface area contributed by atoms with Gasteiger partial charge in [0.05, 0.1) is 0 Å². The van der Waals surface area contributed by atoms with E-state index in [1.807, 2.05) is 24.1 Å². The first-order valence-electron chi connectivity index (χ1n) is 7.41. The third-order valence-corrected chi connectivity index (χ3v) is 3.74. The number of carbonyl (C=O) groups is 1. The molecule has 4 heteroatoms. The molecule has 1 aliphatic rings. The molecule has 0 radical (unpaired) electrons. The van der Waals surface area contributed by atoms with Crippen LogP contribution >= 0.6 is 0 Å². The molecule has 110 valence electrons. The lowest BCUT2D eigenvalue weighted by Gasteiger charge is -2.27. The maximum atomic E-state index is 12.6. The molecule has 2 heterocycles. The Bertz CT molecular complexity index is 485. The van der Waals surface area contributed by atoms with Crippen LogP contribution in [0.3, 0.4) is 0 Å². The number of hydrogen-bond acceptors (Lipinski definition) is 3. The van der Waals surface area contributed by atoms with E-state index in [4.69, 9.17) is 0 Å². The van der Waals surface area contributed by atoms with Crippen LogP contribution in [0.25, 0.3) is 0 Å². The Morgan fingerprint density at radius 3 is 2.40 bits per heavy atom. The predicted molar refractivity (Wildman–Crippen MR) is 82.2 cm³/mol. The Balaban J connectivity index is 2.32. The monoisotopic (exact) mass is 275 g/mol. The summed E-state index contributed by atoms with van der Waals surface area (Å²) < 4.78 is 0. The number of piperidine rings is 1. The lowest BCUT2D eigenvalue weighted by atomic mass is 9.90. The molecule has 0 saturated carbocycles. The van der Waals surface area contributed by atoms with Crippen molar-refractivity contribution in [2.75, 3.05) is 25.5 Å². The molecule has 1 N–H and O–H groups in total. The summed E-state index contributed by atoms with van der Waals surface area (Å²) >= 11 is 0. The van der Waals surface area contributed by atoms with Crippen molar-refractivity contribution in [3.63, 3.8) is 0 Å². The van der Waals surface area contributed by atoms with Gasteiger partial charge >= 0.3 is 0 Å². The summed E-state index contributed by atoms with van der Waals surface area (Å²) in [4.78, 5) is 19.1. The van der Waals surface area contributed by atoms with E-state index in [9.17, 15) is 4.79 Å². The Kier molecular flexibility index (Phi) is 4.31. The maximum absolute atomic E-state index is 12.6. The summed E-state index contributed by atoms with van der Waals surface area (Å²) in [7, 11) is 1.84. The average Bonchev–Trinajstić information content (AvgIpc) is 2.46. The van der Waals surface area contributed by atoms with Crippen LogP contribution in [-0.2, 0) is 5.41 Å². The number of hydrogen-bond donors (Lipinski definition) is 1. The second-order valence-corrected chi connectivity index (χ2v) is 6.48. The molecule has 1 aromatic rings. The lowest BCUT2D eigenvalue weighted by Crippen LogP contribution is -2.35. The molecule has 0 spiro atoms. The van der Waals surface area contributed by atoms with Crippen molar-refractivity contribution in [1.82, 2.24) is 9.88 Å². The molecule has 0 unspecified atom stereocenters. The molecule has 0 atom stereocenters. The van der Waals surface area contributed by atoms with E-state index in [0.717, 1.165) is 43.0 Å². The first-order chi connectivity index (χ1) is 9.41. The maximum Gasteiger partial charge on any atom is 0.254 e. The van der Waals surface area contributed by atoms with Crippen molar-refractivity contribution in [3.8, 4) is 0 Å². The largest absolute Gasteiger partial charge is 0.373 e. The molecule has 1 amide bonds. The molecular weight excluding hydrogens is 250 g/mol. The van der Waals surface area contributed by atoms with Crippen LogP contribution in [0.2, 0.25) is 0 Å². The van der Waals surface area contributed by atoms with E-state index in [1.54, 1.807) is 0 Å². The van der Waals surface area contributed by atoms with Crippen LogP contribution in [0.15, 0.2) is 12.1 Å². The van der Waals surface area contributed by atoms with Crippen LogP contribution in [-0.4, -0.2) is 35.9 Å². The Labute approximate surface area is 121 Å². The molecule has 20 heavy (non-hydrogen) atoms. The highest BCUT2D eigenvalue weighted by molar-refractivity contribution is 5.95. The summed E-state index contributed by atoms with van der Waals surface area (Å²) in [6, 6.07) is 3.80. The molecule has 2 rings (SSSR count). The fourth-order valence-corrected chi connectivity index (χ4v) is 2.45. The number of rotatable bonds is 2. The highest BCUT2D eigenvalue weighted by Gasteiger charge is 2.22. The predicted octanol–water partition coefficient (Wildman–Crippen LogP) is 3.05. The van der Waals surface area contributed by atoms with Gasteiger partial charge in [0.1, 0.15) is 5.82 Å². The van der Waals surface area contributed by atoms with Gasteiger partial charge in [-0.25, -0.2) is 4.98 Å². The number of pyridine rings is 1. The van der Waals surface area contributed by atoms with Crippen molar-refractivity contribution < 1.29 is 4.79 Å². The first-order valence-corrected chi connectivity index (χ1v) is 7.41. The molecule has 1 saturated heterocycles. The highest BCUT2D eigenvalue weighted by Crippen LogP contribution is 2.24. The zero-order chi connectivity index (χ0) is 14.8. The number of nitrogens with one attached hydrogen (secondary N) is 1. The molecule has 1 fully saturated rings. The highest BCUT2D eigenvalue weighted by atomic mass is 16.2. The molecule has 0 aromatic carbocycles. The Morgan fingerprint density at radius 1 is 1.20 bits per heavy atom.